The molecule has 0 aromatic heterocycles. The number of aliphatic hydroxyl groups is 1. The molecule has 6 N–H and O–H groups in total. The quantitative estimate of drug-likeness (QED) is 0.209. The normalized spacial score (nSPS) is 20.8. The van der Waals surface area contributed by atoms with E-state index in [0.29, 0.717) is 4.90 Å². The Bertz CT molecular complexity index is 783. The number of amides is 3. The Hall–Kier alpha value is -2.88. The van der Waals surface area contributed by atoms with Gasteiger partial charge < -0.3 is 21.1 Å². The summed E-state index contributed by atoms with van der Waals surface area (Å²) in [5.74, 6) is -6.34. The Labute approximate surface area is 155 Å². The van der Waals surface area contributed by atoms with Crippen LogP contribution < -0.4 is 11.1 Å². The van der Waals surface area contributed by atoms with Crippen LogP contribution in [0.2, 0.25) is 0 Å². The molecule has 9 nitrogen and oxygen atoms in total. The molecular formula is C17H24FN3O6. The fourth-order valence-electron chi connectivity index (χ4n) is 2.77. The van der Waals surface area contributed by atoms with Crippen molar-refractivity contribution in [1.82, 2.24) is 10.2 Å². The number of imide groups is 1. The number of anilines is 1. The minimum absolute atomic E-state index is 0.107. The number of piperidine rings is 1. The molecule has 2 heterocycles. The van der Waals surface area contributed by atoms with Crippen molar-refractivity contribution in [2.75, 3.05) is 5.73 Å². The number of nitrogens with one attached hydrogen (secondary N) is 1. The van der Waals surface area contributed by atoms with Crippen molar-refractivity contribution < 1.29 is 34.1 Å². The molecule has 0 radical (unpaired) electrons. The summed E-state index contributed by atoms with van der Waals surface area (Å²) in [5, 5.41) is 31.6. The molecule has 3 rings (SSSR count). The van der Waals surface area contributed by atoms with Gasteiger partial charge in [-0.15, -0.1) is 0 Å². The smallest absolute Gasteiger partial charge is 0.279 e. The topological polar surface area (TPSA) is 153 Å². The van der Waals surface area contributed by atoms with Crippen LogP contribution in [0.25, 0.3) is 0 Å². The Morgan fingerprint density at radius 3 is 2.19 bits per heavy atom. The minimum atomic E-state index is -2.34. The van der Waals surface area contributed by atoms with Crippen molar-refractivity contribution in [1.29, 1.82) is 0 Å². The van der Waals surface area contributed by atoms with E-state index in [-0.39, 0.29) is 18.4 Å². The number of hydrogen-bond acceptors (Lipinski definition) is 7. The number of nitrogens with two attached hydrogens (primary N) is 1. The van der Waals surface area contributed by atoms with Crippen LogP contribution in [0, 0.1) is 5.82 Å². The predicted molar refractivity (Wildman–Crippen MR) is 94.0 cm³/mol. The van der Waals surface area contributed by atoms with E-state index in [4.69, 9.17) is 5.73 Å². The van der Waals surface area contributed by atoms with Gasteiger partial charge in [-0.25, -0.2) is 0 Å². The number of aromatic hydroxyl groups is 2. The maximum absolute atomic E-state index is 13.7. The Balaban J connectivity index is 0.000000855. The summed E-state index contributed by atoms with van der Waals surface area (Å²) >= 11 is 0. The zero-order valence-corrected chi connectivity index (χ0v) is 15.6. The summed E-state index contributed by atoms with van der Waals surface area (Å²) in [4.78, 5) is 36.2. The highest BCUT2D eigenvalue weighted by Gasteiger charge is 2.52. The monoisotopic (exact) mass is 385 g/mol. The third kappa shape index (κ3) is 3.39. The Morgan fingerprint density at radius 1 is 1.11 bits per heavy atom. The number of rotatable bonds is 1. The van der Waals surface area contributed by atoms with Gasteiger partial charge in [0.05, 0.1) is 17.8 Å². The lowest BCUT2D eigenvalue weighted by molar-refractivity contribution is -0.167. The van der Waals surface area contributed by atoms with E-state index >= 15 is 0 Å². The van der Waals surface area contributed by atoms with Crippen molar-refractivity contribution in [2.24, 2.45) is 0 Å². The summed E-state index contributed by atoms with van der Waals surface area (Å²) in [7, 11) is 0. The van der Waals surface area contributed by atoms with Gasteiger partial charge in [0.2, 0.25) is 17.4 Å². The van der Waals surface area contributed by atoms with Gasteiger partial charge in [-0.1, -0.05) is 27.7 Å². The van der Waals surface area contributed by atoms with E-state index in [0.717, 1.165) is 0 Å². The first-order valence-corrected chi connectivity index (χ1v) is 8.58. The number of phenols is 2. The fourth-order valence-corrected chi connectivity index (χ4v) is 2.77. The Kier molecular flexibility index (Phi) is 6.74. The van der Waals surface area contributed by atoms with Gasteiger partial charge in [0.1, 0.15) is 0 Å². The molecule has 0 aliphatic carbocycles. The van der Waals surface area contributed by atoms with Gasteiger partial charge in [0.25, 0.3) is 11.8 Å². The van der Waals surface area contributed by atoms with Crippen LogP contribution >= 0.6 is 0 Å². The molecule has 1 aromatic rings. The molecule has 0 spiro atoms. The maximum Gasteiger partial charge on any atom is 0.279 e. The van der Waals surface area contributed by atoms with Gasteiger partial charge in [-0.05, 0) is 0 Å². The number of nitrogens with zero attached hydrogens (tertiary/aromatic N) is 1. The second-order valence-electron chi connectivity index (χ2n) is 5.36. The van der Waals surface area contributed by atoms with E-state index < -0.39 is 58.6 Å². The van der Waals surface area contributed by atoms with Crippen molar-refractivity contribution >= 4 is 23.4 Å². The first-order valence-electron chi connectivity index (χ1n) is 8.58. The average Bonchev–Trinajstić information content (AvgIpc) is 3.03. The third-order valence-electron chi connectivity index (χ3n) is 4.07. The zero-order chi connectivity index (χ0) is 21.1. The molecule has 1 unspecified atom stereocenters. The second-order valence-corrected chi connectivity index (χ2v) is 5.36. The number of halogens is 1. The summed E-state index contributed by atoms with van der Waals surface area (Å²) in [6, 6.07) is 0. The van der Waals surface area contributed by atoms with Gasteiger partial charge in [-0.2, -0.15) is 4.39 Å². The molecule has 1 saturated heterocycles. The Morgan fingerprint density at radius 2 is 1.67 bits per heavy atom. The highest BCUT2D eigenvalue weighted by Crippen LogP contribution is 2.44. The number of fused-ring (bicyclic) bond motifs is 1. The molecule has 2 aliphatic heterocycles. The number of carbonyl (C=O) groups excluding carboxylic acids is 3. The fraction of sp³-hybridized carbons (Fsp3) is 0.471. The van der Waals surface area contributed by atoms with E-state index in [1.807, 2.05) is 33.0 Å². The molecule has 0 saturated carbocycles. The molecular weight excluding hydrogens is 361 g/mol. The van der Waals surface area contributed by atoms with Crippen LogP contribution in [0.15, 0.2) is 0 Å². The molecule has 3 amide bonds. The lowest BCUT2D eigenvalue weighted by Gasteiger charge is -2.37. The molecule has 10 heteroatoms. The van der Waals surface area contributed by atoms with Crippen LogP contribution in [0.4, 0.5) is 10.1 Å². The molecule has 150 valence electrons. The number of phenolic OH excluding ortho intramolecular Hbond substituents is 2. The molecule has 2 aliphatic rings. The molecule has 27 heavy (non-hydrogen) atoms. The van der Waals surface area contributed by atoms with Crippen molar-refractivity contribution in [2.45, 2.75) is 52.8 Å². The largest absolute Gasteiger partial charge is 0.504 e. The van der Waals surface area contributed by atoms with Gasteiger partial charge in [0.15, 0.2) is 11.5 Å². The maximum atomic E-state index is 13.7. The van der Waals surface area contributed by atoms with Crippen LogP contribution in [-0.4, -0.2) is 43.7 Å². The number of hydrogen-bond donors (Lipinski definition) is 5. The van der Waals surface area contributed by atoms with E-state index in [1.165, 1.54) is 0 Å². The highest BCUT2D eigenvalue weighted by atomic mass is 19.1. The van der Waals surface area contributed by atoms with E-state index in [9.17, 15) is 34.1 Å². The van der Waals surface area contributed by atoms with Crippen LogP contribution in [0.5, 0.6) is 11.5 Å². The zero-order valence-electron chi connectivity index (χ0n) is 15.6. The second kappa shape index (κ2) is 8.21. The number of nitrogen functional groups attached to an aromatic ring is 1. The van der Waals surface area contributed by atoms with Crippen molar-refractivity contribution in [3.63, 3.8) is 0 Å². The third-order valence-corrected chi connectivity index (χ3v) is 4.07. The first kappa shape index (κ1) is 22.2. The van der Waals surface area contributed by atoms with Gasteiger partial charge in [-0.3, -0.25) is 24.6 Å². The van der Waals surface area contributed by atoms with Gasteiger partial charge in [0, 0.05) is 18.4 Å². The van der Waals surface area contributed by atoms with Crippen molar-refractivity contribution in [3.05, 3.63) is 16.9 Å². The lowest BCUT2D eigenvalue weighted by atomic mass is 10.00. The molecule has 0 bridgehead atoms. The molecule has 1 atom stereocenters. The summed E-state index contributed by atoms with van der Waals surface area (Å²) < 4.78 is 13.7. The molecule has 1 fully saturated rings. The average molecular weight is 385 g/mol. The predicted octanol–water partition coefficient (Wildman–Crippen LogP) is 0.952. The van der Waals surface area contributed by atoms with Crippen LogP contribution in [0.1, 0.15) is 56.5 Å². The number of benzene rings is 1. The van der Waals surface area contributed by atoms with Crippen LogP contribution in [0.3, 0.4) is 0 Å². The standard InChI is InChI=1S/C13H12FN3O6.2C2H6/c14-7-9(19)6-4(8(15)10(7)20)3-17(11(6)21)13(23)2-1-5(18)16-12(13)22;2*1-2/h19-20,23H,1-3,15H2,(H,16,18,22);2*1-2H3. The lowest BCUT2D eigenvalue weighted by Crippen LogP contribution is -2.63. The molecule has 1 aromatic carbocycles. The van der Waals surface area contributed by atoms with E-state index in [1.54, 1.807) is 0 Å². The summed E-state index contributed by atoms with van der Waals surface area (Å²) in [6.45, 7) is 7.57. The van der Waals surface area contributed by atoms with Gasteiger partial charge >= 0.3 is 0 Å². The SMILES string of the molecule is CC.CC.Nc1c(O)c(F)c(O)c2c1CN(C1(O)CCC(=O)NC1=O)C2=O. The van der Waals surface area contributed by atoms with Crippen LogP contribution in [-0.2, 0) is 16.1 Å². The highest BCUT2D eigenvalue weighted by molar-refractivity contribution is 6.08. The summed E-state index contributed by atoms with van der Waals surface area (Å²) in [6.07, 6.45) is -0.560. The van der Waals surface area contributed by atoms with E-state index in [2.05, 4.69) is 0 Å². The minimum Gasteiger partial charge on any atom is -0.504 e. The number of carbonyl (C=O) groups is 3. The summed E-state index contributed by atoms with van der Waals surface area (Å²) in [5.41, 5.74) is 2.09. The first-order chi connectivity index (χ1) is 12.7. The van der Waals surface area contributed by atoms with Crippen molar-refractivity contribution in [3.8, 4) is 11.5 Å².